The number of nitrogens with two attached hydrogens (primary N) is 1. The summed E-state index contributed by atoms with van der Waals surface area (Å²) in [6.07, 6.45) is 8.63. The van der Waals surface area contributed by atoms with Crippen molar-refractivity contribution < 1.29 is 4.74 Å². The quantitative estimate of drug-likeness (QED) is 0.832. The third-order valence-electron chi connectivity index (χ3n) is 5.52. The molecule has 2 atom stereocenters. The van der Waals surface area contributed by atoms with Crippen molar-refractivity contribution in [3.63, 3.8) is 0 Å². The van der Waals surface area contributed by atoms with E-state index in [0.717, 1.165) is 37.8 Å². The van der Waals surface area contributed by atoms with Crippen LogP contribution in [0.4, 0.5) is 0 Å². The molecule has 1 aliphatic heterocycles. The predicted octanol–water partition coefficient (Wildman–Crippen LogP) is 2.00. The maximum Gasteiger partial charge on any atom is 0.0611 e. The van der Waals surface area contributed by atoms with Crippen LogP contribution in [-0.4, -0.2) is 42.8 Å². The highest BCUT2D eigenvalue weighted by Crippen LogP contribution is 2.44. The Kier molecular flexibility index (Phi) is 3.65. The van der Waals surface area contributed by atoms with Gasteiger partial charge in [-0.1, -0.05) is 6.42 Å². The van der Waals surface area contributed by atoms with Crippen molar-refractivity contribution in [3.05, 3.63) is 0 Å². The standard InChI is InChI=1S/C15H28N2O/c1-2-18-14-7-15(8-14,11-16)17-9-12-4-3-5-13(6-12)10-17/h12-14H,2-11,16H2,1H3. The second-order valence-electron chi connectivity index (χ2n) is 6.72. The van der Waals surface area contributed by atoms with Crippen LogP contribution in [0, 0.1) is 11.8 Å². The van der Waals surface area contributed by atoms with Gasteiger partial charge in [0.15, 0.2) is 0 Å². The van der Waals surface area contributed by atoms with Gasteiger partial charge < -0.3 is 10.5 Å². The Morgan fingerprint density at radius 2 is 1.89 bits per heavy atom. The number of fused-ring (bicyclic) bond motifs is 2. The van der Waals surface area contributed by atoms with E-state index in [1.165, 1.54) is 38.8 Å². The zero-order valence-electron chi connectivity index (χ0n) is 11.7. The fourth-order valence-corrected chi connectivity index (χ4v) is 4.51. The molecule has 2 unspecified atom stereocenters. The number of rotatable bonds is 4. The fourth-order valence-electron chi connectivity index (χ4n) is 4.51. The number of piperidine rings is 1. The van der Waals surface area contributed by atoms with Crippen LogP contribution in [0.3, 0.4) is 0 Å². The Bertz CT molecular complexity index is 276. The Balaban J connectivity index is 1.62. The van der Waals surface area contributed by atoms with E-state index < -0.39 is 0 Å². The Morgan fingerprint density at radius 3 is 2.44 bits per heavy atom. The summed E-state index contributed by atoms with van der Waals surface area (Å²) in [6, 6.07) is 0. The molecule has 2 N–H and O–H groups in total. The predicted molar refractivity (Wildman–Crippen MR) is 73.5 cm³/mol. The lowest BCUT2D eigenvalue weighted by Gasteiger charge is -2.57. The Hall–Kier alpha value is -0.120. The first kappa shape index (κ1) is 12.9. The van der Waals surface area contributed by atoms with Crippen LogP contribution in [0.1, 0.15) is 45.4 Å². The average Bonchev–Trinajstić information content (AvgIpc) is 2.33. The maximum absolute atomic E-state index is 6.11. The van der Waals surface area contributed by atoms with Crippen molar-refractivity contribution in [1.29, 1.82) is 0 Å². The number of hydrogen-bond acceptors (Lipinski definition) is 3. The fraction of sp³-hybridized carbons (Fsp3) is 1.00. The van der Waals surface area contributed by atoms with E-state index in [9.17, 15) is 0 Å². The summed E-state index contributed by atoms with van der Waals surface area (Å²) < 4.78 is 5.74. The Morgan fingerprint density at radius 1 is 1.22 bits per heavy atom. The van der Waals surface area contributed by atoms with Crippen molar-refractivity contribution in [3.8, 4) is 0 Å². The van der Waals surface area contributed by atoms with Gasteiger partial charge in [0.2, 0.25) is 0 Å². The van der Waals surface area contributed by atoms with Crippen molar-refractivity contribution in [2.75, 3.05) is 26.2 Å². The normalized spacial score (nSPS) is 44.7. The molecule has 2 saturated carbocycles. The van der Waals surface area contributed by atoms with Gasteiger partial charge in [0.05, 0.1) is 6.10 Å². The first-order valence-electron chi connectivity index (χ1n) is 7.82. The van der Waals surface area contributed by atoms with Crippen molar-refractivity contribution in [1.82, 2.24) is 4.90 Å². The first-order chi connectivity index (χ1) is 8.75. The van der Waals surface area contributed by atoms with Crippen molar-refractivity contribution in [2.45, 2.75) is 57.1 Å². The highest BCUT2D eigenvalue weighted by molar-refractivity contribution is 5.06. The molecule has 18 heavy (non-hydrogen) atoms. The molecule has 3 fully saturated rings. The molecule has 2 aliphatic carbocycles. The van der Waals surface area contributed by atoms with E-state index >= 15 is 0 Å². The minimum Gasteiger partial charge on any atom is -0.378 e. The van der Waals surface area contributed by atoms with Crippen LogP contribution in [-0.2, 0) is 4.74 Å². The van der Waals surface area contributed by atoms with Crippen LogP contribution < -0.4 is 5.73 Å². The number of ether oxygens (including phenoxy) is 1. The molecular formula is C15H28N2O. The van der Waals surface area contributed by atoms with E-state index in [1.54, 1.807) is 0 Å². The van der Waals surface area contributed by atoms with Crippen LogP contribution in [0.15, 0.2) is 0 Å². The summed E-state index contributed by atoms with van der Waals surface area (Å²) >= 11 is 0. The highest BCUT2D eigenvalue weighted by atomic mass is 16.5. The zero-order valence-corrected chi connectivity index (χ0v) is 11.7. The van der Waals surface area contributed by atoms with Gasteiger partial charge in [-0.15, -0.1) is 0 Å². The largest absolute Gasteiger partial charge is 0.378 e. The molecule has 3 aliphatic rings. The van der Waals surface area contributed by atoms with Crippen molar-refractivity contribution in [2.24, 2.45) is 17.6 Å². The molecule has 3 heteroatoms. The minimum absolute atomic E-state index is 0.286. The third-order valence-corrected chi connectivity index (χ3v) is 5.52. The SMILES string of the molecule is CCOC1CC(CN)(N2CC3CCCC(C3)C2)C1. The maximum atomic E-state index is 6.11. The number of hydrogen-bond donors (Lipinski definition) is 1. The average molecular weight is 252 g/mol. The molecule has 3 nitrogen and oxygen atoms in total. The van der Waals surface area contributed by atoms with Crippen LogP contribution >= 0.6 is 0 Å². The van der Waals surface area contributed by atoms with Gasteiger partial charge in [-0.25, -0.2) is 0 Å². The summed E-state index contributed by atoms with van der Waals surface area (Å²) in [5.41, 5.74) is 6.40. The molecule has 0 spiro atoms. The lowest BCUT2D eigenvalue weighted by atomic mass is 9.69. The van der Waals surface area contributed by atoms with Gasteiger partial charge in [0, 0.05) is 31.8 Å². The van der Waals surface area contributed by atoms with Gasteiger partial charge in [-0.3, -0.25) is 4.90 Å². The van der Waals surface area contributed by atoms with Crippen LogP contribution in [0.2, 0.25) is 0 Å². The zero-order chi connectivity index (χ0) is 12.6. The summed E-state index contributed by atoms with van der Waals surface area (Å²) in [5, 5.41) is 0. The molecule has 104 valence electrons. The van der Waals surface area contributed by atoms with E-state index in [1.807, 2.05) is 0 Å². The van der Waals surface area contributed by atoms with E-state index in [4.69, 9.17) is 10.5 Å². The third kappa shape index (κ3) is 2.21. The van der Waals surface area contributed by atoms with E-state index in [2.05, 4.69) is 11.8 Å². The monoisotopic (exact) mass is 252 g/mol. The van der Waals surface area contributed by atoms with E-state index in [0.29, 0.717) is 6.10 Å². The number of likely N-dealkylation sites (tertiary alicyclic amines) is 1. The smallest absolute Gasteiger partial charge is 0.0611 e. The summed E-state index contributed by atoms with van der Waals surface area (Å²) in [6.45, 7) is 6.35. The minimum atomic E-state index is 0.286. The van der Waals surface area contributed by atoms with Crippen LogP contribution in [0.25, 0.3) is 0 Å². The molecule has 1 saturated heterocycles. The Labute approximate surface area is 111 Å². The molecule has 0 aromatic rings. The molecule has 1 heterocycles. The van der Waals surface area contributed by atoms with Crippen molar-refractivity contribution >= 4 is 0 Å². The van der Waals surface area contributed by atoms with Gasteiger partial charge in [0.1, 0.15) is 0 Å². The molecular weight excluding hydrogens is 224 g/mol. The molecule has 0 amide bonds. The molecule has 3 rings (SSSR count). The molecule has 0 aromatic carbocycles. The van der Waals surface area contributed by atoms with Gasteiger partial charge in [-0.2, -0.15) is 0 Å². The van der Waals surface area contributed by atoms with Gasteiger partial charge in [0.25, 0.3) is 0 Å². The summed E-state index contributed by atoms with van der Waals surface area (Å²) in [4.78, 5) is 2.74. The summed E-state index contributed by atoms with van der Waals surface area (Å²) in [7, 11) is 0. The first-order valence-corrected chi connectivity index (χ1v) is 7.82. The molecule has 2 bridgehead atoms. The topological polar surface area (TPSA) is 38.5 Å². The molecule has 0 radical (unpaired) electrons. The lowest BCUT2D eigenvalue weighted by molar-refractivity contribution is -0.120. The van der Waals surface area contributed by atoms with Gasteiger partial charge in [-0.05, 0) is 50.9 Å². The molecule has 0 aromatic heterocycles. The van der Waals surface area contributed by atoms with Gasteiger partial charge >= 0.3 is 0 Å². The highest BCUT2D eigenvalue weighted by Gasteiger charge is 2.50. The van der Waals surface area contributed by atoms with E-state index in [-0.39, 0.29) is 5.54 Å². The second kappa shape index (κ2) is 5.10. The van der Waals surface area contributed by atoms with Crippen LogP contribution in [0.5, 0.6) is 0 Å². The lowest BCUT2D eigenvalue weighted by Crippen LogP contribution is -2.66. The number of nitrogens with zero attached hydrogens (tertiary/aromatic N) is 1. The summed E-state index contributed by atoms with van der Waals surface area (Å²) in [5.74, 6) is 1.90. The second-order valence-corrected chi connectivity index (χ2v) is 6.72.